The fourth-order valence-corrected chi connectivity index (χ4v) is 2.31. The van der Waals surface area contributed by atoms with Gasteiger partial charge in [-0.2, -0.15) is 0 Å². The maximum absolute atomic E-state index is 12.3. The van der Waals surface area contributed by atoms with Gasteiger partial charge in [0.2, 0.25) is 0 Å². The quantitative estimate of drug-likeness (QED) is 0.832. The van der Waals surface area contributed by atoms with Gasteiger partial charge < -0.3 is 10.6 Å². The Balaban J connectivity index is 2.81. The monoisotopic (exact) mass is 271 g/mol. The van der Waals surface area contributed by atoms with Gasteiger partial charge in [-0.05, 0) is 20.8 Å². The molecule has 0 aromatic carbocycles. The molecule has 1 aromatic rings. The van der Waals surface area contributed by atoms with Crippen molar-refractivity contribution < 1.29 is 4.79 Å². The SMILES string of the molecule is Cc1ncsc1C(=O)N(CCC(N)=S)C(C)C. The summed E-state index contributed by atoms with van der Waals surface area (Å²) in [6.45, 7) is 6.36. The Morgan fingerprint density at radius 1 is 1.65 bits per heavy atom. The molecule has 0 saturated carbocycles. The number of nitrogens with zero attached hydrogens (tertiary/aromatic N) is 2. The molecular formula is C11H17N3OS2. The smallest absolute Gasteiger partial charge is 0.266 e. The number of nitrogens with two attached hydrogens (primary N) is 1. The summed E-state index contributed by atoms with van der Waals surface area (Å²) in [5, 5.41) is 0. The van der Waals surface area contributed by atoms with Crippen LogP contribution in [0.3, 0.4) is 0 Å². The van der Waals surface area contributed by atoms with Crippen LogP contribution in [0.15, 0.2) is 5.51 Å². The first-order valence-corrected chi connectivity index (χ1v) is 6.71. The van der Waals surface area contributed by atoms with Crippen LogP contribution in [0.4, 0.5) is 0 Å². The van der Waals surface area contributed by atoms with E-state index in [2.05, 4.69) is 4.98 Å². The van der Waals surface area contributed by atoms with Crippen LogP contribution in [-0.4, -0.2) is 33.4 Å². The molecule has 0 atom stereocenters. The second-order valence-corrected chi connectivity index (χ2v) is 5.45. The van der Waals surface area contributed by atoms with Crippen molar-refractivity contribution in [1.29, 1.82) is 0 Å². The Labute approximate surface area is 111 Å². The molecule has 0 spiro atoms. The van der Waals surface area contributed by atoms with Gasteiger partial charge in [-0.3, -0.25) is 4.79 Å². The summed E-state index contributed by atoms with van der Waals surface area (Å²) in [6.07, 6.45) is 0.553. The summed E-state index contributed by atoms with van der Waals surface area (Å²) < 4.78 is 0. The van der Waals surface area contributed by atoms with Crippen molar-refractivity contribution in [3.63, 3.8) is 0 Å². The van der Waals surface area contributed by atoms with Crippen LogP contribution in [0.2, 0.25) is 0 Å². The molecule has 0 fully saturated rings. The summed E-state index contributed by atoms with van der Waals surface area (Å²) in [5.74, 6) is 0.0104. The molecule has 0 aliphatic rings. The lowest BCUT2D eigenvalue weighted by atomic mass is 10.2. The molecule has 0 unspecified atom stereocenters. The lowest BCUT2D eigenvalue weighted by Crippen LogP contribution is -2.38. The van der Waals surface area contributed by atoms with E-state index >= 15 is 0 Å². The number of hydrogen-bond donors (Lipinski definition) is 1. The van der Waals surface area contributed by atoms with Crippen LogP contribution < -0.4 is 5.73 Å². The average Bonchev–Trinajstić information content (AvgIpc) is 2.63. The minimum Gasteiger partial charge on any atom is -0.393 e. The van der Waals surface area contributed by atoms with E-state index in [-0.39, 0.29) is 11.9 Å². The fraction of sp³-hybridized carbons (Fsp3) is 0.545. The van der Waals surface area contributed by atoms with Gasteiger partial charge in [0, 0.05) is 19.0 Å². The van der Waals surface area contributed by atoms with Crippen LogP contribution in [0.1, 0.15) is 35.6 Å². The van der Waals surface area contributed by atoms with E-state index in [0.717, 1.165) is 5.69 Å². The highest BCUT2D eigenvalue weighted by Crippen LogP contribution is 2.17. The topological polar surface area (TPSA) is 59.2 Å². The second-order valence-electron chi connectivity index (χ2n) is 4.08. The maximum Gasteiger partial charge on any atom is 0.266 e. The summed E-state index contributed by atoms with van der Waals surface area (Å²) in [7, 11) is 0. The van der Waals surface area contributed by atoms with Crippen LogP contribution >= 0.6 is 23.6 Å². The van der Waals surface area contributed by atoms with E-state index in [1.165, 1.54) is 11.3 Å². The Kier molecular flexibility index (Phi) is 5.02. The third kappa shape index (κ3) is 3.74. The molecule has 1 heterocycles. The molecule has 1 aromatic heterocycles. The number of amides is 1. The van der Waals surface area contributed by atoms with Crippen LogP contribution in [-0.2, 0) is 0 Å². The molecular weight excluding hydrogens is 254 g/mol. The van der Waals surface area contributed by atoms with Crippen molar-refractivity contribution in [2.75, 3.05) is 6.54 Å². The van der Waals surface area contributed by atoms with E-state index in [4.69, 9.17) is 18.0 Å². The third-order valence-corrected chi connectivity index (χ3v) is 3.54. The predicted molar refractivity (Wildman–Crippen MR) is 74.4 cm³/mol. The first-order valence-electron chi connectivity index (χ1n) is 5.42. The lowest BCUT2D eigenvalue weighted by molar-refractivity contribution is 0.0715. The van der Waals surface area contributed by atoms with Crippen molar-refractivity contribution in [3.8, 4) is 0 Å². The largest absolute Gasteiger partial charge is 0.393 e. The Morgan fingerprint density at radius 3 is 2.71 bits per heavy atom. The number of rotatable bonds is 5. The van der Waals surface area contributed by atoms with Crippen molar-refractivity contribution in [2.24, 2.45) is 5.73 Å². The number of aromatic nitrogens is 1. The summed E-state index contributed by atoms with van der Waals surface area (Å²) >= 11 is 6.21. The molecule has 0 saturated heterocycles. The van der Waals surface area contributed by atoms with Crippen molar-refractivity contribution in [1.82, 2.24) is 9.88 Å². The molecule has 1 amide bonds. The highest BCUT2D eigenvalue weighted by Gasteiger charge is 2.21. The molecule has 2 N–H and O–H groups in total. The lowest BCUT2D eigenvalue weighted by Gasteiger charge is -2.26. The van der Waals surface area contributed by atoms with Gasteiger partial charge in [0.25, 0.3) is 5.91 Å². The first-order chi connectivity index (χ1) is 7.93. The summed E-state index contributed by atoms with van der Waals surface area (Å²) in [4.78, 5) is 19.3. The number of thiocarbonyl (C=S) groups is 1. The van der Waals surface area contributed by atoms with Crippen molar-refractivity contribution in [2.45, 2.75) is 33.2 Å². The van der Waals surface area contributed by atoms with Gasteiger partial charge in [-0.1, -0.05) is 12.2 Å². The molecule has 17 heavy (non-hydrogen) atoms. The molecule has 1 rings (SSSR count). The number of hydrogen-bond acceptors (Lipinski definition) is 4. The highest BCUT2D eigenvalue weighted by atomic mass is 32.1. The zero-order valence-corrected chi connectivity index (χ0v) is 11.9. The Bertz CT molecular complexity index is 415. The van der Waals surface area contributed by atoms with Gasteiger partial charge in [-0.25, -0.2) is 4.98 Å². The fourth-order valence-electron chi connectivity index (χ4n) is 1.46. The van der Waals surface area contributed by atoms with Gasteiger partial charge in [0.1, 0.15) is 4.88 Å². The maximum atomic E-state index is 12.3. The normalized spacial score (nSPS) is 10.6. The van der Waals surface area contributed by atoms with E-state index in [0.29, 0.717) is 22.8 Å². The predicted octanol–water partition coefficient (Wildman–Crippen LogP) is 1.98. The molecule has 4 nitrogen and oxygen atoms in total. The first kappa shape index (κ1) is 14.1. The molecule has 0 aliphatic heterocycles. The summed E-state index contributed by atoms with van der Waals surface area (Å²) in [6, 6.07) is 0.123. The Hall–Kier alpha value is -1.01. The van der Waals surface area contributed by atoms with E-state index in [9.17, 15) is 4.79 Å². The molecule has 94 valence electrons. The summed E-state index contributed by atoms with van der Waals surface area (Å²) in [5.41, 5.74) is 7.94. The van der Waals surface area contributed by atoms with Gasteiger partial charge in [-0.15, -0.1) is 11.3 Å². The molecule has 6 heteroatoms. The molecule has 0 bridgehead atoms. The van der Waals surface area contributed by atoms with Crippen molar-refractivity contribution in [3.05, 3.63) is 16.1 Å². The van der Waals surface area contributed by atoms with Crippen LogP contribution in [0, 0.1) is 6.92 Å². The van der Waals surface area contributed by atoms with Gasteiger partial charge >= 0.3 is 0 Å². The number of carbonyl (C=O) groups is 1. The number of aryl methyl sites for hydroxylation is 1. The Morgan fingerprint density at radius 2 is 2.29 bits per heavy atom. The average molecular weight is 271 g/mol. The third-order valence-electron chi connectivity index (χ3n) is 2.42. The minimum atomic E-state index is 0.0104. The van der Waals surface area contributed by atoms with E-state index < -0.39 is 0 Å². The van der Waals surface area contributed by atoms with E-state index in [1.54, 1.807) is 10.4 Å². The number of thiazole rings is 1. The highest BCUT2D eigenvalue weighted by molar-refractivity contribution is 7.80. The molecule has 0 aliphatic carbocycles. The zero-order valence-electron chi connectivity index (χ0n) is 10.3. The van der Waals surface area contributed by atoms with Gasteiger partial charge in [0.05, 0.1) is 16.2 Å². The van der Waals surface area contributed by atoms with E-state index in [1.807, 2.05) is 20.8 Å². The van der Waals surface area contributed by atoms with Crippen LogP contribution in [0.5, 0.6) is 0 Å². The molecule has 0 radical (unpaired) electrons. The zero-order chi connectivity index (χ0) is 13.0. The minimum absolute atomic E-state index is 0.0104. The second kappa shape index (κ2) is 6.07. The van der Waals surface area contributed by atoms with Crippen LogP contribution in [0.25, 0.3) is 0 Å². The number of carbonyl (C=O) groups excluding carboxylic acids is 1. The van der Waals surface area contributed by atoms with Gasteiger partial charge in [0.15, 0.2) is 0 Å². The standard InChI is InChI=1S/C11H17N3OS2/c1-7(2)14(5-4-9(12)16)11(15)10-8(3)13-6-17-10/h6-7H,4-5H2,1-3H3,(H2,12,16). The van der Waals surface area contributed by atoms with Crippen molar-refractivity contribution >= 4 is 34.5 Å².